The van der Waals surface area contributed by atoms with Gasteiger partial charge in [0.25, 0.3) is 0 Å². The minimum absolute atomic E-state index is 0.185. The summed E-state index contributed by atoms with van der Waals surface area (Å²) in [4.78, 5) is 21.5. The van der Waals surface area contributed by atoms with Gasteiger partial charge in [0, 0.05) is 0 Å². The summed E-state index contributed by atoms with van der Waals surface area (Å²) in [5.41, 5.74) is 0. The highest BCUT2D eigenvalue weighted by molar-refractivity contribution is 7.81. The van der Waals surface area contributed by atoms with E-state index in [9.17, 15) is 19.8 Å². The molecule has 0 saturated carbocycles. The number of amides is 1. The molecule has 7 nitrogen and oxygen atoms in total. The zero-order valence-electron chi connectivity index (χ0n) is 8.35. The maximum atomic E-state index is 10.9. The Morgan fingerprint density at radius 2 is 1.88 bits per heavy atom. The third-order valence-electron chi connectivity index (χ3n) is 1.92. The number of aliphatic hydroxyl groups excluding tert-OH is 4. The molecule has 0 heterocycles. The average Bonchev–Trinajstić information content (AvgIpc) is 2.32. The summed E-state index contributed by atoms with van der Waals surface area (Å²) in [5.74, 6) is -0.791. The first-order valence-corrected chi connectivity index (χ1v) is 5.11. The fraction of sp³-hybridized carbons (Fsp3) is 0.750. The van der Waals surface area contributed by atoms with Gasteiger partial charge >= 0.3 is 0 Å². The maximum Gasteiger partial charge on any atom is 0.230 e. The van der Waals surface area contributed by atoms with E-state index in [0.29, 0.717) is 0 Å². The highest BCUT2D eigenvalue weighted by atomic mass is 32.1. The second-order valence-corrected chi connectivity index (χ2v) is 3.43. The predicted molar refractivity (Wildman–Crippen MR) is 57.0 cm³/mol. The molecular formula is C8H15NO6S. The molecule has 0 aromatic heterocycles. The maximum absolute atomic E-state index is 10.9. The number of aliphatic hydroxyl groups is 4. The second-order valence-electron chi connectivity index (χ2n) is 3.12. The van der Waals surface area contributed by atoms with Gasteiger partial charge in [-0.15, -0.1) is 0 Å². The lowest BCUT2D eigenvalue weighted by Gasteiger charge is -2.26. The Bertz CT molecular complexity index is 239. The molecule has 0 aromatic carbocycles. The minimum Gasteiger partial charge on any atom is -0.394 e. The van der Waals surface area contributed by atoms with Crippen molar-refractivity contribution in [3.05, 3.63) is 0 Å². The third kappa shape index (κ3) is 4.45. The number of nitrogens with one attached hydrogen (secondary N) is 1. The van der Waals surface area contributed by atoms with Gasteiger partial charge in [-0.2, -0.15) is 12.6 Å². The highest BCUT2D eigenvalue weighted by Crippen LogP contribution is 2.03. The van der Waals surface area contributed by atoms with E-state index in [-0.39, 0.29) is 12.0 Å². The lowest BCUT2D eigenvalue weighted by Crippen LogP contribution is -2.53. The van der Waals surface area contributed by atoms with Gasteiger partial charge in [-0.05, 0) is 0 Å². The molecule has 16 heavy (non-hydrogen) atoms. The first kappa shape index (κ1) is 15.3. The fourth-order valence-electron chi connectivity index (χ4n) is 0.979. The molecule has 0 aliphatic heterocycles. The number of rotatable bonds is 7. The van der Waals surface area contributed by atoms with Gasteiger partial charge in [0.1, 0.15) is 30.6 Å². The van der Waals surface area contributed by atoms with Crippen molar-refractivity contribution in [1.29, 1.82) is 0 Å². The SMILES string of the molecule is O=C[C@H](NC(=O)CS)[C@@H](O)[C@@H](O)[C@H](O)CO. The summed E-state index contributed by atoms with van der Waals surface area (Å²) >= 11 is 3.65. The Kier molecular flexibility index (Phi) is 7.26. The van der Waals surface area contributed by atoms with E-state index in [1.165, 1.54) is 0 Å². The zero-order chi connectivity index (χ0) is 12.7. The van der Waals surface area contributed by atoms with Crippen molar-refractivity contribution in [1.82, 2.24) is 5.32 Å². The molecule has 0 fully saturated rings. The van der Waals surface area contributed by atoms with Gasteiger partial charge in [-0.3, -0.25) is 4.79 Å². The lowest BCUT2D eigenvalue weighted by molar-refractivity contribution is -0.129. The molecule has 0 spiro atoms. The van der Waals surface area contributed by atoms with Crippen LogP contribution in [0.5, 0.6) is 0 Å². The van der Waals surface area contributed by atoms with E-state index in [1.807, 2.05) is 0 Å². The fourth-order valence-corrected chi connectivity index (χ4v) is 1.07. The van der Waals surface area contributed by atoms with E-state index in [1.54, 1.807) is 0 Å². The Hall–Kier alpha value is -0.670. The summed E-state index contributed by atoms with van der Waals surface area (Å²) in [7, 11) is 0. The molecule has 4 atom stereocenters. The van der Waals surface area contributed by atoms with Gasteiger partial charge in [0.2, 0.25) is 5.91 Å². The van der Waals surface area contributed by atoms with Crippen LogP contribution < -0.4 is 5.32 Å². The summed E-state index contributed by atoms with van der Waals surface area (Å²) in [5, 5.41) is 38.4. The monoisotopic (exact) mass is 253 g/mol. The first-order chi connectivity index (χ1) is 7.47. The standard InChI is InChI=1S/C8H15NO6S/c10-1-4(9-6(13)3-16)7(14)8(15)5(12)2-11/h1,4-5,7-8,11-12,14-16H,2-3H2,(H,9,13)/t4-,5+,7+,8-/m0/s1. The van der Waals surface area contributed by atoms with Crippen LogP contribution in [0.2, 0.25) is 0 Å². The molecule has 1 amide bonds. The summed E-state index contributed by atoms with van der Waals surface area (Å²) in [6, 6.07) is -1.36. The number of carbonyl (C=O) groups excluding carboxylic acids is 2. The van der Waals surface area contributed by atoms with Crippen molar-refractivity contribution in [2.75, 3.05) is 12.4 Å². The first-order valence-electron chi connectivity index (χ1n) is 4.48. The predicted octanol–water partition coefficient (Wildman–Crippen LogP) is -3.33. The minimum atomic E-state index is -1.74. The number of thiol groups is 1. The van der Waals surface area contributed by atoms with E-state index < -0.39 is 36.9 Å². The topological polar surface area (TPSA) is 127 Å². The molecule has 0 aromatic rings. The van der Waals surface area contributed by atoms with Gasteiger partial charge in [-0.1, -0.05) is 0 Å². The Morgan fingerprint density at radius 1 is 1.31 bits per heavy atom. The molecule has 0 aliphatic carbocycles. The van der Waals surface area contributed by atoms with Crippen LogP contribution in [-0.2, 0) is 9.59 Å². The van der Waals surface area contributed by atoms with Crippen molar-refractivity contribution in [3.63, 3.8) is 0 Å². The molecule has 0 saturated heterocycles. The summed E-state index contributed by atoms with van der Waals surface area (Å²) in [6.07, 6.45) is -4.81. The quantitative estimate of drug-likeness (QED) is 0.208. The van der Waals surface area contributed by atoms with Crippen molar-refractivity contribution in [3.8, 4) is 0 Å². The van der Waals surface area contributed by atoms with Crippen LogP contribution in [-0.4, -0.2) is 69.3 Å². The van der Waals surface area contributed by atoms with Crippen LogP contribution in [0.25, 0.3) is 0 Å². The van der Waals surface area contributed by atoms with Crippen molar-refractivity contribution in [2.45, 2.75) is 24.4 Å². The largest absolute Gasteiger partial charge is 0.394 e. The summed E-state index contributed by atoms with van der Waals surface area (Å²) in [6.45, 7) is -0.773. The van der Waals surface area contributed by atoms with Crippen LogP contribution in [0.4, 0.5) is 0 Å². The van der Waals surface area contributed by atoms with Crippen LogP contribution in [0, 0.1) is 0 Å². The van der Waals surface area contributed by atoms with Crippen LogP contribution in [0.1, 0.15) is 0 Å². The van der Waals surface area contributed by atoms with E-state index in [4.69, 9.17) is 10.2 Å². The van der Waals surface area contributed by atoms with E-state index in [0.717, 1.165) is 0 Å². The van der Waals surface area contributed by atoms with Crippen molar-refractivity contribution in [2.24, 2.45) is 0 Å². The molecule has 0 bridgehead atoms. The molecule has 8 heteroatoms. The van der Waals surface area contributed by atoms with Gasteiger partial charge in [0.15, 0.2) is 0 Å². The Labute approximate surface area is 97.5 Å². The van der Waals surface area contributed by atoms with E-state index in [2.05, 4.69) is 17.9 Å². The highest BCUT2D eigenvalue weighted by Gasteiger charge is 2.31. The third-order valence-corrected chi connectivity index (χ3v) is 2.20. The molecular weight excluding hydrogens is 238 g/mol. The molecule has 0 rings (SSSR count). The van der Waals surface area contributed by atoms with Crippen LogP contribution >= 0.6 is 12.6 Å². The molecule has 94 valence electrons. The van der Waals surface area contributed by atoms with E-state index >= 15 is 0 Å². The number of hydrogen-bond acceptors (Lipinski definition) is 7. The lowest BCUT2D eigenvalue weighted by atomic mass is 10.0. The molecule has 0 radical (unpaired) electrons. The smallest absolute Gasteiger partial charge is 0.230 e. The summed E-state index contributed by atoms with van der Waals surface area (Å²) < 4.78 is 0. The molecule has 5 N–H and O–H groups in total. The van der Waals surface area contributed by atoms with Gasteiger partial charge in [-0.25, -0.2) is 0 Å². The molecule has 0 aliphatic rings. The Morgan fingerprint density at radius 3 is 2.25 bits per heavy atom. The van der Waals surface area contributed by atoms with Crippen LogP contribution in [0.15, 0.2) is 0 Å². The van der Waals surface area contributed by atoms with Crippen molar-refractivity contribution >= 4 is 24.8 Å². The van der Waals surface area contributed by atoms with Crippen molar-refractivity contribution < 1.29 is 30.0 Å². The number of aldehydes is 1. The zero-order valence-corrected chi connectivity index (χ0v) is 9.25. The normalized spacial score (nSPS) is 18.3. The average molecular weight is 253 g/mol. The number of carbonyl (C=O) groups is 2. The second kappa shape index (κ2) is 7.58. The van der Waals surface area contributed by atoms with Gasteiger partial charge < -0.3 is 30.5 Å². The van der Waals surface area contributed by atoms with Crippen LogP contribution in [0.3, 0.4) is 0 Å². The molecule has 0 unspecified atom stereocenters. The number of hydrogen-bond donors (Lipinski definition) is 6. The Balaban J connectivity index is 4.45. The van der Waals surface area contributed by atoms with Gasteiger partial charge in [0.05, 0.1) is 12.4 Å².